The number of carbonyl (C=O) groups is 4. The average Bonchev–Trinajstić information content (AvgIpc) is 2.87. The number of imide groups is 2. The number of nitrogens with zero attached hydrogens (tertiary/aromatic N) is 5. The highest BCUT2D eigenvalue weighted by Crippen LogP contribution is 2.43. The monoisotopic (exact) mass is 445 g/mol. The third-order valence-electron chi connectivity index (χ3n) is 5.94. The molecule has 2 aliphatic rings. The van der Waals surface area contributed by atoms with E-state index in [-0.39, 0.29) is 38.7 Å². The molecule has 0 aliphatic carbocycles. The Hall–Kier alpha value is -5.23. The van der Waals surface area contributed by atoms with Gasteiger partial charge in [0, 0.05) is 46.9 Å². The van der Waals surface area contributed by atoms with E-state index in [4.69, 9.17) is 6.57 Å². The van der Waals surface area contributed by atoms with Crippen molar-refractivity contribution in [2.24, 2.45) is 0 Å². The van der Waals surface area contributed by atoms with Crippen LogP contribution in [0.3, 0.4) is 0 Å². The normalized spacial score (nSPS) is 14.6. The van der Waals surface area contributed by atoms with Crippen LogP contribution in [0.5, 0.6) is 0 Å². The molecule has 0 N–H and O–H groups in total. The van der Waals surface area contributed by atoms with Crippen LogP contribution in [0.2, 0.25) is 0 Å². The fourth-order valence-electron chi connectivity index (χ4n) is 4.49. The summed E-state index contributed by atoms with van der Waals surface area (Å²) in [5.74, 6) is -2.54. The molecule has 0 radical (unpaired) electrons. The van der Waals surface area contributed by atoms with Gasteiger partial charge in [0.1, 0.15) is 0 Å². The Labute approximate surface area is 191 Å². The van der Waals surface area contributed by atoms with Gasteiger partial charge < -0.3 is 0 Å². The number of pyridine rings is 2. The minimum absolute atomic E-state index is 0.0139. The number of hydrogen-bond donors (Lipinski definition) is 0. The lowest BCUT2D eigenvalue weighted by Crippen LogP contribution is -2.43. The van der Waals surface area contributed by atoms with E-state index in [9.17, 15) is 19.2 Å². The molecule has 2 aromatic heterocycles. The van der Waals surface area contributed by atoms with Crippen LogP contribution in [0.15, 0.2) is 67.3 Å². The minimum atomic E-state index is -0.699. The SMILES string of the molecule is [C-]#[N+]c1cc2c3c(ccc4c3c1C(=O)N(c1ccncc1)C4=O)C(=O)N(c1ccncc1)C2=O. The van der Waals surface area contributed by atoms with Crippen LogP contribution in [-0.2, 0) is 0 Å². The number of aromatic nitrogens is 2. The first kappa shape index (κ1) is 19.5. The Morgan fingerprint density at radius 3 is 1.62 bits per heavy atom. The predicted octanol–water partition coefficient (Wildman–Crippen LogP) is 3.78. The van der Waals surface area contributed by atoms with Gasteiger partial charge in [-0.05, 0) is 47.9 Å². The topological polar surface area (TPSA) is 105 Å². The van der Waals surface area contributed by atoms with Gasteiger partial charge in [-0.15, -0.1) is 0 Å². The second kappa shape index (κ2) is 6.88. The second-order valence-corrected chi connectivity index (χ2v) is 7.64. The van der Waals surface area contributed by atoms with Gasteiger partial charge in [-0.25, -0.2) is 14.6 Å². The molecule has 4 amide bonds. The molecule has 160 valence electrons. The summed E-state index contributed by atoms with van der Waals surface area (Å²) in [6, 6.07) is 10.3. The van der Waals surface area contributed by atoms with Gasteiger partial charge in [0.05, 0.1) is 23.5 Å². The Balaban J connectivity index is 1.66. The van der Waals surface area contributed by atoms with Crippen LogP contribution >= 0.6 is 0 Å². The van der Waals surface area contributed by atoms with Crippen molar-refractivity contribution in [3.63, 3.8) is 0 Å². The average molecular weight is 445 g/mol. The van der Waals surface area contributed by atoms with Crippen molar-refractivity contribution in [1.29, 1.82) is 0 Å². The number of carbonyl (C=O) groups excluding carboxylic acids is 4. The van der Waals surface area contributed by atoms with Crippen molar-refractivity contribution < 1.29 is 19.2 Å². The summed E-state index contributed by atoms with van der Waals surface area (Å²) >= 11 is 0. The summed E-state index contributed by atoms with van der Waals surface area (Å²) in [6.45, 7) is 7.69. The Morgan fingerprint density at radius 1 is 0.618 bits per heavy atom. The van der Waals surface area contributed by atoms with Crippen LogP contribution in [0.4, 0.5) is 17.1 Å². The van der Waals surface area contributed by atoms with E-state index in [0.29, 0.717) is 11.4 Å². The maximum Gasteiger partial charge on any atom is 0.265 e. The van der Waals surface area contributed by atoms with Crippen molar-refractivity contribution >= 4 is 51.5 Å². The van der Waals surface area contributed by atoms with E-state index < -0.39 is 23.6 Å². The molecule has 0 saturated heterocycles. The molecule has 9 heteroatoms. The van der Waals surface area contributed by atoms with Crippen molar-refractivity contribution in [2.45, 2.75) is 0 Å². The number of rotatable bonds is 2. The number of anilines is 2. The van der Waals surface area contributed by atoms with Gasteiger partial charge >= 0.3 is 0 Å². The Kier molecular flexibility index (Phi) is 3.94. The molecule has 4 heterocycles. The quantitative estimate of drug-likeness (QED) is 0.344. The minimum Gasteiger partial charge on any atom is -0.270 e. The van der Waals surface area contributed by atoms with Crippen LogP contribution in [0.25, 0.3) is 15.6 Å². The highest BCUT2D eigenvalue weighted by Gasteiger charge is 2.42. The maximum atomic E-state index is 13.5. The molecule has 0 spiro atoms. The van der Waals surface area contributed by atoms with Gasteiger partial charge in [-0.2, -0.15) is 0 Å². The van der Waals surface area contributed by atoms with Gasteiger partial charge in [-0.1, -0.05) is 0 Å². The molecule has 34 heavy (non-hydrogen) atoms. The first-order valence-corrected chi connectivity index (χ1v) is 10.1. The van der Waals surface area contributed by atoms with Gasteiger partial charge in [-0.3, -0.25) is 29.1 Å². The molecule has 6 rings (SSSR count). The first-order chi connectivity index (χ1) is 16.5. The number of benzene rings is 2. The van der Waals surface area contributed by atoms with E-state index in [1.54, 1.807) is 0 Å². The summed E-state index contributed by atoms with van der Waals surface area (Å²) in [6.07, 6.45) is 5.82. The molecule has 2 aromatic carbocycles. The van der Waals surface area contributed by atoms with Crippen LogP contribution in [0, 0.1) is 6.57 Å². The zero-order valence-electron chi connectivity index (χ0n) is 17.2. The highest BCUT2D eigenvalue weighted by atomic mass is 16.2. The zero-order valence-corrected chi connectivity index (χ0v) is 17.2. The lowest BCUT2D eigenvalue weighted by atomic mass is 9.84. The molecule has 4 aromatic rings. The molecule has 0 bridgehead atoms. The smallest absolute Gasteiger partial charge is 0.265 e. The predicted molar refractivity (Wildman–Crippen MR) is 121 cm³/mol. The first-order valence-electron chi connectivity index (χ1n) is 10.1. The third-order valence-corrected chi connectivity index (χ3v) is 5.94. The molecule has 9 nitrogen and oxygen atoms in total. The van der Waals surface area contributed by atoms with Gasteiger partial charge in [0.15, 0.2) is 0 Å². The van der Waals surface area contributed by atoms with Crippen LogP contribution in [-0.4, -0.2) is 33.6 Å². The van der Waals surface area contributed by atoms with Gasteiger partial charge in [0.25, 0.3) is 23.6 Å². The molecule has 2 aliphatic heterocycles. The summed E-state index contributed by atoms with van der Waals surface area (Å²) in [5, 5.41) is 0.355. The van der Waals surface area contributed by atoms with E-state index >= 15 is 0 Å². The summed E-state index contributed by atoms with van der Waals surface area (Å²) < 4.78 is 0. The van der Waals surface area contributed by atoms with Crippen molar-refractivity contribution in [2.75, 3.05) is 9.80 Å². The Morgan fingerprint density at radius 2 is 1.09 bits per heavy atom. The van der Waals surface area contributed by atoms with E-state index in [1.165, 1.54) is 67.3 Å². The second-order valence-electron chi connectivity index (χ2n) is 7.64. The molecule has 0 unspecified atom stereocenters. The molecule has 0 saturated carbocycles. The molecular formula is C25H11N5O4. The zero-order chi connectivity index (χ0) is 23.6. The Bertz CT molecular complexity index is 1640. The summed E-state index contributed by atoms with van der Waals surface area (Å²) in [7, 11) is 0. The fourth-order valence-corrected chi connectivity index (χ4v) is 4.49. The lowest BCUT2D eigenvalue weighted by Gasteiger charge is -2.32. The van der Waals surface area contributed by atoms with Crippen molar-refractivity contribution in [3.8, 4) is 0 Å². The summed E-state index contributed by atoms with van der Waals surface area (Å²) in [4.78, 5) is 67.1. The molecule has 0 fully saturated rings. The van der Waals surface area contributed by atoms with Crippen LogP contribution < -0.4 is 9.80 Å². The van der Waals surface area contributed by atoms with E-state index in [2.05, 4.69) is 14.8 Å². The van der Waals surface area contributed by atoms with Crippen molar-refractivity contribution in [1.82, 2.24) is 9.97 Å². The molecular weight excluding hydrogens is 434 g/mol. The fraction of sp³-hybridized carbons (Fsp3) is 0. The largest absolute Gasteiger partial charge is 0.270 e. The highest BCUT2D eigenvalue weighted by molar-refractivity contribution is 6.43. The summed E-state index contributed by atoms with van der Waals surface area (Å²) in [5.41, 5.74) is 0.918. The molecule has 0 atom stereocenters. The van der Waals surface area contributed by atoms with E-state index in [1.807, 2.05) is 0 Å². The number of hydrogen-bond acceptors (Lipinski definition) is 6. The standard InChI is InChI=1S/C25H11N5O4/c1-26-18-12-17-19-15(22(31)29(24(17)33)13-4-8-27-9-5-13)2-3-16-20(19)21(18)25(34)30(23(16)32)14-6-10-28-11-7-14/h2-12H. The van der Waals surface area contributed by atoms with E-state index in [0.717, 1.165) is 9.80 Å². The maximum absolute atomic E-state index is 13.5. The number of amides is 4. The third kappa shape index (κ3) is 2.42. The van der Waals surface area contributed by atoms with Crippen molar-refractivity contribution in [3.05, 3.63) is 101 Å². The van der Waals surface area contributed by atoms with Gasteiger partial charge in [0.2, 0.25) is 5.69 Å². The van der Waals surface area contributed by atoms with Crippen LogP contribution in [0.1, 0.15) is 41.4 Å². The lowest BCUT2D eigenvalue weighted by molar-refractivity contribution is 0.0873.